The van der Waals surface area contributed by atoms with E-state index in [0.29, 0.717) is 4.47 Å². The summed E-state index contributed by atoms with van der Waals surface area (Å²) in [6, 6.07) is 4.42. The number of anilines is 2. The molecule has 0 unspecified atom stereocenters. The zero-order chi connectivity index (χ0) is 15.6. The normalized spacial score (nSPS) is 10.3. The lowest BCUT2D eigenvalue weighted by Gasteiger charge is -2.11. The highest BCUT2D eigenvalue weighted by Gasteiger charge is 2.18. The number of nitrogens with one attached hydrogen (secondary N) is 2. The van der Waals surface area contributed by atoms with Crippen LogP contribution in [0.3, 0.4) is 0 Å². The molecule has 0 radical (unpaired) electrons. The summed E-state index contributed by atoms with van der Waals surface area (Å²) in [5.41, 5.74) is 0.0538. The van der Waals surface area contributed by atoms with E-state index in [1.165, 1.54) is 19.3 Å². The monoisotopic (exact) mass is 391 g/mol. The molecule has 110 valence electrons. The molecule has 0 aliphatic carbocycles. The molecule has 0 aliphatic heterocycles. The van der Waals surface area contributed by atoms with Crippen LogP contribution >= 0.6 is 39.1 Å². The van der Waals surface area contributed by atoms with E-state index < -0.39 is 11.7 Å². The maximum Gasteiger partial charge on any atom is 0.258 e. The van der Waals surface area contributed by atoms with Crippen LogP contribution in [0.25, 0.3) is 0 Å². The van der Waals surface area contributed by atoms with Crippen LogP contribution in [0.15, 0.2) is 28.9 Å². The van der Waals surface area contributed by atoms with E-state index in [1.54, 1.807) is 12.1 Å². The van der Waals surface area contributed by atoms with Gasteiger partial charge in [-0.1, -0.05) is 39.1 Å². The summed E-state index contributed by atoms with van der Waals surface area (Å²) in [5.74, 6) is -1.44. The van der Waals surface area contributed by atoms with Gasteiger partial charge < -0.3 is 10.6 Å². The molecule has 2 rings (SSSR count). The quantitative estimate of drug-likeness (QED) is 0.803. The van der Waals surface area contributed by atoms with Gasteiger partial charge in [-0.25, -0.2) is 9.37 Å². The van der Waals surface area contributed by atoms with Gasteiger partial charge in [-0.3, -0.25) is 4.79 Å². The van der Waals surface area contributed by atoms with Crippen LogP contribution in [-0.4, -0.2) is 17.9 Å². The lowest BCUT2D eigenvalue weighted by atomic mass is 10.2. The van der Waals surface area contributed by atoms with Crippen LogP contribution in [0.4, 0.5) is 15.9 Å². The fourth-order valence-electron chi connectivity index (χ4n) is 1.64. The topological polar surface area (TPSA) is 54.0 Å². The van der Waals surface area contributed by atoms with Gasteiger partial charge in [-0.2, -0.15) is 0 Å². The Hall–Kier alpha value is -1.37. The summed E-state index contributed by atoms with van der Waals surface area (Å²) in [7, 11) is 1.51. The van der Waals surface area contributed by atoms with Crippen molar-refractivity contribution in [3.8, 4) is 0 Å². The molecule has 1 aromatic carbocycles. The van der Waals surface area contributed by atoms with E-state index in [1.807, 2.05) is 0 Å². The molecule has 0 bridgehead atoms. The van der Waals surface area contributed by atoms with Crippen LogP contribution in [-0.2, 0) is 0 Å². The highest BCUT2D eigenvalue weighted by atomic mass is 79.9. The Morgan fingerprint density at radius 2 is 1.95 bits per heavy atom. The van der Waals surface area contributed by atoms with E-state index in [-0.39, 0.29) is 27.1 Å². The smallest absolute Gasteiger partial charge is 0.258 e. The lowest BCUT2D eigenvalue weighted by Crippen LogP contribution is -2.15. The number of hydrogen-bond acceptors (Lipinski definition) is 3. The third-order valence-corrected chi connectivity index (χ3v) is 3.67. The third-order valence-electron chi connectivity index (χ3n) is 2.62. The standard InChI is InChI=1S/C13H9BrCl2FN3O/c1-18-12-10(17)7(2-3-19-12)13(21)20-11-8(15)4-6(14)5-9(11)16/h2-5H,1H3,(H,18,19)(H,20,21). The molecule has 2 aromatic rings. The molecular weight excluding hydrogens is 384 g/mol. The number of benzene rings is 1. The first-order valence-corrected chi connectivity index (χ1v) is 7.27. The van der Waals surface area contributed by atoms with Crippen molar-refractivity contribution in [3.63, 3.8) is 0 Å². The van der Waals surface area contributed by atoms with E-state index in [9.17, 15) is 9.18 Å². The van der Waals surface area contributed by atoms with Crippen molar-refractivity contribution in [2.45, 2.75) is 0 Å². The number of pyridine rings is 1. The zero-order valence-corrected chi connectivity index (χ0v) is 13.8. The zero-order valence-electron chi connectivity index (χ0n) is 10.7. The van der Waals surface area contributed by atoms with Gasteiger partial charge in [0.2, 0.25) is 0 Å². The van der Waals surface area contributed by atoms with Gasteiger partial charge in [0.15, 0.2) is 11.6 Å². The second kappa shape index (κ2) is 6.60. The number of nitrogens with zero attached hydrogens (tertiary/aromatic N) is 1. The van der Waals surface area contributed by atoms with Crippen molar-refractivity contribution >= 4 is 56.5 Å². The predicted octanol–water partition coefficient (Wildman–Crippen LogP) is 4.58. The summed E-state index contributed by atoms with van der Waals surface area (Å²) < 4.78 is 14.7. The van der Waals surface area contributed by atoms with Gasteiger partial charge in [-0.15, -0.1) is 0 Å². The molecule has 1 heterocycles. The minimum atomic E-state index is -0.748. The van der Waals surface area contributed by atoms with Crippen molar-refractivity contribution in [2.24, 2.45) is 0 Å². The van der Waals surface area contributed by atoms with Crippen LogP contribution in [0.5, 0.6) is 0 Å². The molecule has 2 N–H and O–H groups in total. The fourth-order valence-corrected chi connectivity index (χ4v) is 2.94. The first-order chi connectivity index (χ1) is 9.93. The fraction of sp³-hybridized carbons (Fsp3) is 0.0769. The molecule has 8 heteroatoms. The van der Waals surface area contributed by atoms with E-state index in [0.717, 1.165) is 0 Å². The van der Waals surface area contributed by atoms with E-state index >= 15 is 0 Å². The molecule has 4 nitrogen and oxygen atoms in total. The number of carbonyl (C=O) groups is 1. The average molecular weight is 393 g/mol. The number of rotatable bonds is 3. The number of carbonyl (C=O) groups excluding carboxylic acids is 1. The van der Waals surface area contributed by atoms with Crippen LogP contribution in [0, 0.1) is 5.82 Å². The number of aromatic nitrogens is 1. The molecule has 1 aromatic heterocycles. The van der Waals surface area contributed by atoms with Gasteiger partial charge in [0.1, 0.15) is 0 Å². The number of halogens is 4. The first-order valence-electron chi connectivity index (χ1n) is 5.72. The molecule has 0 fully saturated rings. The number of amides is 1. The molecule has 0 aliphatic rings. The van der Waals surface area contributed by atoms with Crippen molar-refractivity contribution < 1.29 is 9.18 Å². The van der Waals surface area contributed by atoms with Gasteiger partial charge in [0.05, 0.1) is 21.3 Å². The SMILES string of the molecule is CNc1nccc(C(=O)Nc2c(Cl)cc(Br)cc2Cl)c1F. The lowest BCUT2D eigenvalue weighted by molar-refractivity contribution is 0.102. The summed E-state index contributed by atoms with van der Waals surface area (Å²) >= 11 is 15.3. The van der Waals surface area contributed by atoms with Crippen LogP contribution < -0.4 is 10.6 Å². The minimum absolute atomic E-state index is 0.0179. The molecule has 0 spiro atoms. The summed E-state index contributed by atoms with van der Waals surface area (Å²) in [4.78, 5) is 15.9. The van der Waals surface area contributed by atoms with Crippen molar-refractivity contribution in [3.05, 3.63) is 50.3 Å². The Labute approximate surface area is 138 Å². The average Bonchev–Trinajstić information content (AvgIpc) is 2.42. The van der Waals surface area contributed by atoms with E-state index in [4.69, 9.17) is 23.2 Å². The maximum absolute atomic E-state index is 14.0. The highest BCUT2D eigenvalue weighted by Crippen LogP contribution is 2.34. The van der Waals surface area contributed by atoms with Crippen molar-refractivity contribution in [1.82, 2.24) is 4.98 Å². The Bertz CT molecular complexity index is 689. The van der Waals surface area contributed by atoms with Crippen molar-refractivity contribution in [1.29, 1.82) is 0 Å². The molecule has 1 amide bonds. The molecule has 0 saturated carbocycles. The first kappa shape index (κ1) is 16.0. The summed E-state index contributed by atoms with van der Waals surface area (Å²) in [6.45, 7) is 0. The number of hydrogen-bond donors (Lipinski definition) is 2. The Kier molecular flexibility index (Phi) is 5.03. The van der Waals surface area contributed by atoms with Crippen LogP contribution in [0.2, 0.25) is 10.0 Å². The van der Waals surface area contributed by atoms with Gasteiger partial charge >= 0.3 is 0 Å². The van der Waals surface area contributed by atoms with Crippen molar-refractivity contribution in [2.75, 3.05) is 17.7 Å². The molecular formula is C13H9BrCl2FN3O. The third kappa shape index (κ3) is 3.45. The van der Waals surface area contributed by atoms with Crippen LogP contribution in [0.1, 0.15) is 10.4 Å². The summed E-state index contributed by atoms with van der Waals surface area (Å²) in [5, 5.41) is 5.54. The van der Waals surface area contributed by atoms with Gasteiger partial charge in [0, 0.05) is 17.7 Å². The molecule has 0 saturated heterocycles. The predicted molar refractivity (Wildman–Crippen MR) is 85.9 cm³/mol. The van der Waals surface area contributed by atoms with Gasteiger partial charge in [0.25, 0.3) is 5.91 Å². The molecule has 0 atom stereocenters. The molecule has 21 heavy (non-hydrogen) atoms. The highest BCUT2D eigenvalue weighted by molar-refractivity contribution is 9.10. The maximum atomic E-state index is 14.0. The minimum Gasteiger partial charge on any atom is -0.371 e. The Morgan fingerprint density at radius 1 is 1.33 bits per heavy atom. The largest absolute Gasteiger partial charge is 0.371 e. The Morgan fingerprint density at radius 3 is 2.52 bits per heavy atom. The summed E-state index contributed by atoms with van der Waals surface area (Å²) in [6.07, 6.45) is 1.33. The van der Waals surface area contributed by atoms with E-state index in [2.05, 4.69) is 31.5 Å². The Balaban J connectivity index is 2.35. The van der Waals surface area contributed by atoms with Gasteiger partial charge in [-0.05, 0) is 18.2 Å². The second-order valence-corrected chi connectivity index (χ2v) is 5.70. The second-order valence-electron chi connectivity index (χ2n) is 3.97.